The molecule has 2 aliphatic rings. The molecule has 0 aliphatic carbocycles. The number of benzene rings is 2. The predicted molar refractivity (Wildman–Crippen MR) is 123 cm³/mol. The van der Waals surface area contributed by atoms with Crippen molar-refractivity contribution in [3.63, 3.8) is 0 Å². The number of ether oxygens (including phenoxy) is 2. The molecule has 166 valence electrons. The van der Waals surface area contributed by atoms with Gasteiger partial charge in [-0.25, -0.2) is 0 Å². The second-order valence-electron chi connectivity index (χ2n) is 8.58. The molecule has 2 N–H and O–H groups in total. The van der Waals surface area contributed by atoms with Crippen molar-refractivity contribution in [1.29, 1.82) is 0 Å². The van der Waals surface area contributed by atoms with E-state index in [1.165, 1.54) is 47.4 Å². The fraction of sp³-hybridized carbons (Fsp3) is 0.480. The molecule has 1 unspecified atom stereocenters. The Labute approximate surface area is 185 Å². The third kappa shape index (κ3) is 5.31. The molecule has 1 saturated heterocycles. The Morgan fingerprint density at radius 2 is 1.61 bits per heavy atom. The molecule has 6 heteroatoms. The van der Waals surface area contributed by atoms with E-state index in [1.54, 1.807) is 14.2 Å². The summed E-state index contributed by atoms with van der Waals surface area (Å²) in [5.74, 6) is 1.57. The number of fused-ring (bicyclic) bond motifs is 1. The number of carbonyl (C=O) groups excluding carboxylic acids is 1. The Hall–Kier alpha value is -2.73. The summed E-state index contributed by atoms with van der Waals surface area (Å²) in [6, 6.07) is 12.4. The minimum Gasteiger partial charge on any atom is -0.493 e. The van der Waals surface area contributed by atoms with Crippen LogP contribution in [0.4, 0.5) is 11.4 Å². The first-order valence-corrected chi connectivity index (χ1v) is 11.4. The van der Waals surface area contributed by atoms with E-state index in [-0.39, 0.29) is 5.91 Å². The van der Waals surface area contributed by atoms with Crippen LogP contribution in [0, 0.1) is 0 Å². The van der Waals surface area contributed by atoms with E-state index in [9.17, 15) is 4.79 Å². The molecule has 2 aromatic rings. The van der Waals surface area contributed by atoms with Crippen molar-refractivity contribution in [2.75, 3.05) is 50.6 Å². The lowest BCUT2D eigenvalue weighted by Gasteiger charge is -2.26. The van der Waals surface area contributed by atoms with Crippen LogP contribution < -0.4 is 24.6 Å². The normalized spacial score (nSPS) is 18.6. The molecule has 2 heterocycles. The van der Waals surface area contributed by atoms with Gasteiger partial charge in [0.2, 0.25) is 0 Å². The SMILES string of the molecule is COc1cc2c(cc1OC)C[NH+](CC(=O)Nc1ccc(N3CCCCCC3)cc1)CC2. The third-order valence-electron chi connectivity index (χ3n) is 6.43. The van der Waals surface area contributed by atoms with Crippen LogP contribution in [0.15, 0.2) is 36.4 Å². The van der Waals surface area contributed by atoms with Crippen LogP contribution in [0.3, 0.4) is 0 Å². The molecule has 6 nitrogen and oxygen atoms in total. The molecule has 0 spiro atoms. The summed E-state index contributed by atoms with van der Waals surface area (Å²) in [6.45, 7) is 4.47. The van der Waals surface area contributed by atoms with Gasteiger partial charge in [-0.2, -0.15) is 0 Å². The average Bonchev–Trinajstić information content (AvgIpc) is 3.08. The van der Waals surface area contributed by atoms with Crippen LogP contribution in [-0.2, 0) is 17.8 Å². The Balaban J connectivity index is 1.33. The lowest BCUT2D eigenvalue weighted by Crippen LogP contribution is -3.12. The molecule has 0 saturated carbocycles. The Morgan fingerprint density at radius 3 is 2.26 bits per heavy atom. The van der Waals surface area contributed by atoms with Crippen molar-refractivity contribution < 1.29 is 19.2 Å². The van der Waals surface area contributed by atoms with Gasteiger partial charge in [0.05, 0.1) is 20.8 Å². The zero-order valence-corrected chi connectivity index (χ0v) is 18.7. The Morgan fingerprint density at radius 1 is 0.968 bits per heavy atom. The van der Waals surface area contributed by atoms with Crippen LogP contribution in [0.1, 0.15) is 36.8 Å². The number of quaternary nitrogens is 1. The number of rotatable bonds is 6. The summed E-state index contributed by atoms with van der Waals surface area (Å²) < 4.78 is 10.9. The van der Waals surface area contributed by atoms with Crippen LogP contribution in [0.5, 0.6) is 11.5 Å². The highest BCUT2D eigenvalue weighted by atomic mass is 16.5. The van der Waals surface area contributed by atoms with Gasteiger partial charge in [-0.05, 0) is 54.8 Å². The van der Waals surface area contributed by atoms with E-state index in [0.717, 1.165) is 49.8 Å². The van der Waals surface area contributed by atoms with Gasteiger partial charge in [-0.1, -0.05) is 12.8 Å². The van der Waals surface area contributed by atoms with Gasteiger partial charge in [-0.3, -0.25) is 4.79 Å². The van der Waals surface area contributed by atoms with Gasteiger partial charge < -0.3 is 24.6 Å². The maximum atomic E-state index is 12.7. The van der Waals surface area contributed by atoms with E-state index in [1.807, 2.05) is 18.2 Å². The van der Waals surface area contributed by atoms with Gasteiger partial charge >= 0.3 is 0 Å². The molecule has 0 bridgehead atoms. The van der Waals surface area contributed by atoms with Gasteiger partial charge in [0, 0.05) is 36.4 Å². The van der Waals surface area contributed by atoms with Gasteiger partial charge in [-0.15, -0.1) is 0 Å². The van der Waals surface area contributed by atoms with E-state index >= 15 is 0 Å². The molecule has 1 fully saturated rings. The first-order valence-electron chi connectivity index (χ1n) is 11.4. The summed E-state index contributed by atoms with van der Waals surface area (Å²) in [5, 5.41) is 3.07. The third-order valence-corrected chi connectivity index (χ3v) is 6.43. The monoisotopic (exact) mass is 424 g/mol. The molecule has 1 atom stereocenters. The smallest absolute Gasteiger partial charge is 0.279 e. The highest BCUT2D eigenvalue weighted by Crippen LogP contribution is 2.31. The summed E-state index contributed by atoms with van der Waals surface area (Å²) in [6.07, 6.45) is 6.11. The fourth-order valence-corrected chi connectivity index (χ4v) is 4.70. The molecule has 0 aromatic heterocycles. The number of methoxy groups -OCH3 is 2. The highest BCUT2D eigenvalue weighted by Gasteiger charge is 2.24. The minimum atomic E-state index is 0.0569. The van der Waals surface area contributed by atoms with Gasteiger partial charge in [0.15, 0.2) is 18.0 Å². The first-order chi connectivity index (χ1) is 15.2. The number of hydrogen-bond donors (Lipinski definition) is 2. The standard InChI is InChI=1S/C25H33N3O3/c1-30-23-15-19-11-14-27(17-20(19)16-24(23)31-2)18-25(29)26-21-7-9-22(10-8-21)28-12-5-3-4-6-13-28/h7-10,15-16H,3-6,11-14,17-18H2,1-2H3,(H,26,29)/p+1. The maximum absolute atomic E-state index is 12.7. The fourth-order valence-electron chi connectivity index (χ4n) is 4.70. The molecule has 4 rings (SSSR count). The molecule has 0 radical (unpaired) electrons. The van der Waals surface area contributed by atoms with E-state index in [2.05, 4.69) is 28.4 Å². The highest BCUT2D eigenvalue weighted by molar-refractivity contribution is 5.91. The minimum absolute atomic E-state index is 0.0569. The number of amides is 1. The first kappa shape index (κ1) is 21.5. The quantitative estimate of drug-likeness (QED) is 0.749. The second kappa shape index (κ2) is 10.1. The van der Waals surface area contributed by atoms with Crippen LogP contribution >= 0.6 is 0 Å². The van der Waals surface area contributed by atoms with E-state index < -0.39 is 0 Å². The predicted octanol–water partition coefficient (Wildman–Crippen LogP) is 2.66. The topological polar surface area (TPSA) is 55.2 Å². The van der Waals surface area contributed by atoms with Crippen LogP contribution in [-0.4, -0.2) is 46.3 Å². The van der Waals surface area contributed by atoms with Crippen molar-refractivity contribution in [2.45, 2.75) is 38.6 Å². The van der Waals surface area contributed by atoms with Gasteiger partial charge in [0.25, 0.3) is 5.91 Å². The number of nitrogens with one attached hydrogen (secondary N) is 2. The van der Waals surface area contributed by atoms with E-state index in [4.69, 9.17) is 9.47 Å². The van der Waals surface area contributed by atoms with Crippen LogP contribution in [0.2, 0.25) is 0 Å². The lowest BCUT2D eigenvalue weighted by molar-refractivity contribution is -0.907. The Kier molecular flexibility index (Phi) is 6.97. The lowest BCUT2D eigenvalue weighted by atomic mass is 9.99. The summed E-state index contributed by atoms with van der Waals surface area (Å²) in [4.78, 5) is 16.4. The molecular weight excluding hydrogens is 390 g/mol. The molecule has 1 amide bonds. The molecular formula is C25H34N3O3+. The van der Waals surface area contributed by atoms with Crippen molar-refractivity contribution in [2.24, 2.45) is 0 Å². The zero-order chi connectivity index (χ0) is 21.6. The summed E-state index contributed by atoms with van der Waals surface area (Å²) in [7, 11) is 3.32. The average molecular weight is 425 g/mol. The van der Waals surface area contributed by atoms with E-state index in [0.29, 0.717) is 6.54 Å². The second-order valence-corrected chi connectivity index (χ2v) is 8.58. The summed E-state index contributed by atoms with van der Waals surface area (Å²) in [5.41, 5.74) is 4.63. The number of hydrogen-bond acceptors (Lipinski definition) is 4. The zero-order valence-electron chi connectivity index (χ0n) is 18.7. The van der Waals surface area contributed by atoms with Crippen molar-refractivity contribution in [3.05, 3.63) is 47.5 Å². The molecule has 2 aliphatic heterocycles. The Bertz CT molecular complexity index is 890. The van der Waals surface area contributed by atoms with Gasteiger partial charge in [0.1, 0.15) is 6.54 Å². The molecule has 31 heavy (non-hydrogen) atoms. The van der Waals surface area contributed by atoms with Crippen molar-refractivity contribution in [3.8, 4) is 11.5 Å². The molecule has 2 aromatic carbocycles. The van der Waals surface area contributed by atoms with Crippen LogP contribution in [0.25, 0.3) is 0 Å². The largest absolute Gasteiger partial charge is 0.493 e. The number of anilines is 2. The maximum Gasteiger partial charge on any atom is 0.279 e. The van der Waals surface area contributed by atoms with Crippen molar-refractivity contribution >= 4 is 17.3 Å². The number of nitrogens with zero attached hydrogens (tertiary/aromatic N) is 1. The number of carbonyl (C=O) groups is 1. The summed E-state index contributed by atoms with van der Waals surface area (Å²) >= 11 is 0. The van der Waals surface area contributed by atoms with Crippen molar-refractivity contribution in [1.82, 2.24) is 0 Å².